The van der Waals surface area contributed by atoms with Crippen LogP contribution in [0.5, 0.6) is 0 Å². The number of carbonyl (C=O) groups is 7. The zero-order valence-electron chi connectivity index (χ0n) is 37.3. The number of hydrogen-bond acceptors (Lipinski definition) is 11. The Hall–Kier alpha value is -5.29. The standard InChI is InChI=1S/C45H62N4O14/c1-21-36-24(10-13-30(52)53)41(3,4)28(47-36)18-27-23(9-12-29(50)51)43(6,19-34(60)61)39(46-27)22(2)37-25(11-14-31(54)55)44(7,20-35(62)63)45(8,49-37)40-26(17-33(58)59)42(5,38(21)48-40)16-15-32(56)57/h21,23-26,36,40H,9-20H2,1-8H3,(H,50,51)(H,52,53)(H,54,55)(H,56,57)(H,58,59)(H,60,61)(H,62,63). The summed E-state index contributed by atoms with van der Waals surface area (Å²) in [6, 6.07) is -1.80. The number of fused-ring (bicyclic) bond motifs is 5. The molecular formula is C45H62N4O14. The van der Waals surface area contributed by atoms with Gasteiger partial charge in [-0.3, -0.25) is 53.5 Å². The smallest absolute Gasteiger partial charge is 0.304 e. The monoisotopic (exact) mass is 882 g/mol. The van der Waals surface area contributed by atoms with Gasteiger partial charge in [0, 0.05) is 100 Å². The van der Waals surface area contributed by atoms with Crippen molar-refractivity contribution >= 4 is 64.6 Å². The van der Waals surface area contributed by atoms with Gasteiger partial charge in [-0.05, 0) is 51.0 Å². The maximum absolute atomic E-state index is 13.1. The fourth-order valence-electron chi connectivity index (χ4n) is 12.4. The van der Waals surface area contributed by atoms with Crippen LogP contribution in [0.1, 0.15) is 132 Å². The summed E-state index contributed by atoms with van der Waals surface area (Å²) in [5, 5.41) is 71.7. The van der Waals surface area contributed by atoms with Gasteiger partial charge in [0.1, 0.15) is 0 Å². The summed E-state index contributed by atoms with van der Waals surface area (Å²) in [6.45, 7) is 14.2. The lowest BCUT2D eigenvalue weighted by atomic mass is 9.55. The van der Waals surface area contributed by atoms with Gasteiger partial charge in [-0.15, -0.1) is 0 Å². The van der Waals surface area contributed by atoms with Crippen LogP contribution in [-0.2, 0) is 33.6 Å². The van der Waals surface area contributed by atoms with Crippen molar-refractivity contribution in [2.45, 2.75) is 150 Å². The number of aliphatic imine (C=N–C) groups is 4. The van der Waals surface area contributed by atoms with Crippen molar-refractivity contribution in [3.8, 4) is 0 Å². The number of hydrogen-bond donors (Lipinski definition) is 7. The number of nitrogens with zero attached hydrogens (tertiary/aromatic N) is 4. The summed E-state index contributed by atoms with van der Waals surface area (Å²) in [4.78, 5) is 109. The molecule has 0 amide bonds. The first-order valence-corrected chi connectivity index (χ1v) is 21.6. The molecule has 5 aliphatic rings. The van der Waals surface area contributed by atoms with Crippen LogP contribution in [-0.4, -0.2) is 118 Å². The highest BCUT2D eigenvalue weighted by molar-refractivity contribution is 6.12. The molecular weight excluding hydrogens is 821 g/mol. The molecule has 0 aromatic carbocycles. The van der Waals surface area contributed by atoms with E-state index in [1.165, 1.54) is 0 Å². The van der Waals surface area contributed by atoms with E-state index < -0.39 is 136 Å². The Kier molecular flexibility index (Phi) is 13.4. The fourth-order valence-corrected chi connectivity index (χ4v) is 12.4. The molecule has 0 radical (unpaired) electrons. The minimum atomic E-state index is -1.61. The first kappa shape index (κ1) is 48.7. The van der Waals surface area contributed by atoms with Gasteiger partial charge < -0.3 is 35.7 Å². The van der Waals surface area contributed by atoms with Gasteiger partial charge in [-0.25, -0.2) is 0 Å². The van der Waals surface area contributed by atoms with Crippen molar-refractivity contribution in [3.63, 3.8) is 0 Å². The van der Waals surface area contributed by atoms with E-state index in [1.807, 2.05) is 20.8 Å². The third-order valence-electron chi connectivity index (χ3n) is 15.9. The van der Waals surface area contributed by atoms with Crippen LogP contribution in [0, 0.1) is 51.2 Å². The van der Waals surface area contributed by atoms with Crippen molar-refractivity contribution in [3.05, 3.63) is 11.3 Å². The second-order valence-electron chi connectivity index (χ2n) is 19.9. The lowest BCUT2D eigenvalue weighted by Crippen LogP contribution is -2.55. The lowest BCUT2D eigenvalue weighted by molar-refractivity contribution is -0.143. The molecule has 346 valence electrons. The van der Waals surface area contributed by atoms with Gasteiger partial charge >= 0.3 is 41.8 Å². The Morgan fingerprint density at radius 3 is 1.70 bits per heavy atom. The van der Waals surface area contributed by atoms with E-state index in [4.69, 9.17) is 20.0 Å². The van der Waals surface area contributed by atoms with Gasteiger partial charge in [0.2, 0.25) is 0 Å². The Morgan fingerprint density at radius 2 is 1.17 bits per heavy atom. The third-order valence-corrected chi connectivity index (χ3v) is 15.9. The van der Waals surface area contributed by atoms with Crippen LogP contribution in [0.15, 0.2) is 31.2 Å². The highest BCUT2D eigenvalue weighted by Crippen LogP contribution is 2.62. The Balaban J connectivity index is 1.97. The molecule has 63 heavy (non-hydrogen) atoms. The minimum Gasteiger partial charge on any atom is -0.481 e. The van der Waals surface area contributed by atoms with E-state index in [0.717, 1.165) is 0 Å². The number of carboxylic acid groups (broad SMARTS) is 7. The average molecular weight is 883 g/mol. The SMILES string of the molecule is CC1=C2N=C(CC3=NC(C(C)C4=NC(C(CC(=O)O)C4(C)CCC(=O)O)C4(C)N=C1C(CCC(=O)O)C4(C)CC(=O)O)C(CCC(=O)O)C3(C)C)C(CCC(=O)O)C2(C)CC(=O)O. The molecule has 0 fully saturated rings. The third kappa shape index (κ3) is 8.70. The van der Waals surface area contributed by atoms with E-state index in [-0.39, 0.29) is 62.8 Å². The molecule has 18 heteroatoms. The van der Waals surface area contributed by atoms with E-state index in [1.54, 1.807) is 34.6 Å². The summed E-state index contributed by atoms with van der Waals surface area (Å²) in [5.74, 6) is -11.9. The molecule has 0 saturated heterocycles. The van der Waals surface area contributed by atoms with Crippen LogP contribution >= 0.6 is 0 Å². The van der Waals surface area contributed by atoms with Gasteiger partial charge in [0.25, 0.3) is 0 Å². The molecule has 5 aliphatic heterocycles. The van der Waals surface area contributed by atoms with Gasteiger partial charge in [-0.1, -0.05) is 41.5 Å². The fraction of sp³-hybridized carbons (Fsp3) is 0.711. The van der Waals surface area contributed by atoms with E-state index in [9.17, 15) is 69.3 Å². The summed E-state index contributed by atoms with van der Waals surface area (Å²) < 4.78 is 0. The number of allylic oxidation sites excluding steroid dienone is 2. The molecule has 5 heterocycles. The first-order chi connectivity index (χ1) is 29.0. The van der Waals surface area contributed by atoms with Crippen molar-refractivity contribution < 1.29 is 69.3 Å². The Labute approximate surface area is 365 Å². The lowest BCUT2D eigenvalue weighted by Gasteiger charge is -2.48. The number of carboxylic acids is 7. The summed E-state index contributed by atoms with van der Waals surface area (Å²) in [5.41, 5.74) is -4.12. The molecule has 11 unspecified atom stereocenters. The summed E-state index contributed by atoms with van der Waals surface area (Å²) >= 11 is 0. The largest absolute Gasteiger partial charge is 0.481 e. The predicted molar refractivity (Wildman–Crippen MR) is 229 cm³/mol. The van der Waals surface area contributed by atoms with Crippen molar-refractivity contribution in [1.29, 1.82) is 0 Å². The second kappa shape index (κ2) is 17.4. The Bertz CT molecular complexity index is 2140. The molecule has 0 aromatic rings. The van der Waals surface area contributed by atoms with E-state index in [2.05, 4.69) is 0 Å². The van der Waals surface area contributed by atoms with Crippen molar-refractivity contribution in [2.24, 2.45) is 71.2 Å². The molecule has 11 atom stereocenters. The van der Waals surface area contributed by atoms with Gasteiger partial charge in [-0.2, -0.15) is 0 Å². The Morgan fingerprint density at radius 1 is 0.635 bits per heavy atom. The molecule has 7 N–H and O–H groups in total. The summed E-state index contributed by atoms with van der Waals surface area (Å²) in [6.07, 6.45) is -2.90. The molecule has 8 bridgehead atoms. The highest BCUT2D eigenvalue weighted by Gasteiger charge is 2.67. The predicted octanol–water partition coefficient (Wildman–Crippen LogP) is 6.01. The van der Waals surface area contributed by atoms with Gasteiger partial charge in [0.15, 0.2) is 0 Å². The number of aliphatic carboxylic acids is 7. The van der Waals surface area contributed by atoms with Crippen LogP contribution in [0.4, 0.5) is 0 Å². The zero-order chi connectivity index (χ0) is 47.4. The maximum atomic E-state index is 13.1. The molecule has 5 rings (SSSR count). The quantitative estimate of drug-likeness (QED) is 0.0830. The normalized spacial score (nSPS) is 35.5. The second-order valence-corrected chi connectivity index (χ2v) is 19.9. The van der Waals surface area contributed by atoms with E-state index >= 15 is 0 Å². The molecule has 0 aromatic heterocycles. The first-order valence-electron chi connectivity index (χ1n) is 21.6. The van der Waals surface area contributed by atoms with Crippen LogP contribution in [0.25, 0.3) is 0 Å². The molecule has 0 spiro atoms. The zero-order valence-corrected chi connectivity index (χ0v) is 37.3. The van der Waals surface area contributed by atoms with E-state index in [0.29, 0.717) is 22.7 Å². The maximum Gasteiger partial charge on any atom is 0.304 e. The van der Waals surface area contributed by atoms with Crippen LogP contribution < -0.4 is 0 Å². The number of rotatable bonds is 18. The van der Waals surface area contributed by atoms with Crippen LogP contribution in [0.2, 0.25) is 0 Å². The topological polar surface area (TPSA) is 311 Å². The average Bonchev–Trinajstić information content (AvgIpc) is 3.75. The molecule has 0 aliphatic carbocycles. The van der Waals surface area contributed by atoms with Crippen LogP contribution in [0.3, 0.4) is 0 Å². The molecule has 0 saturated carbocycles. The van der Waals surface area contributed by atoms with Gasteiger partial charge in [0.05, 0.1) is 42.6 Å². The summed E-state index contributed by atoms with van der Waals surface area (Å²) in [7, 11) is 0. The molecule has 18 nitrogen and oxygen atoms in total. The minimum absolute atomic E-state index is 0.00818. The highest BCUT2D eigenvalue weighted by atomic mass is 16.4. The van der Waals surface area contributed by atoms with Crippen molar-refractivity contribution in [2.75, 3.05) is 0 Å². The van der Waals surface area contributed by atoms with Crippen molar-refractivity contribution in [1.82, 2.24) is 0 Å².